The first-order chi connectivity index (χ1) is 13.7. The molecule has 3 aromatic heterocycles. The van der Waals surface area contributed by atoms with Crippen LogP contribution in [0.3, 0.4) is 0 Å². The van der Waals surface area contributed by atoms with E-state index in [0.29, 0.717) is 34.0 Å². The Morgan fingerprint density at radius 1 is 1.07 bits per heavy atom. The molecule has 0 saturated heterocycles. The second-order valence-corrected chi connectivity index (χ2v) is 7.17. The molecule has 28 heavy (non-hydrogen) atoms. The number of thioether (sulfide) groups is 1. The summed E-state index contributed by atoms with van der Waals surface area (Å²) in [5.74, 6) is 1.94. The van der Waals surface area contributed by atoms with Crippen LogP contribution < -0.4 is 5.32 Å². The van der Waals surface area contributed by atoms with Crippen LogP contribution in [0.4, 0.5) is 5.69 Å². The smallest absolute Gasteiger partial charge is 0.234 e. The second-order valence-electron chi connectivity index (χ2n) is 5.79. The number of carbonyl (C=O) groups is 1. The molecule has 0 bridgehead atoms. The molecule has 0 spiro atoms. The predicted octanol–water partition coefficient (Wildman–Crippen LogP) is 4.56. The van der Waals surface area contributed by atoms with Gasteiger partial charge in [0.15, 0.2) is 10.9 Å². The average molecular weight is 415 g/mol. The van der Waals surface area contributed by atoms with Gasteiger partial charge in [-0.1, -0.05) is 23.4 Å². The fourth-order valence-electron chi connectivity index (χ4n) is 2.54. The van der Waals surface area contributed by atoms with E-state index in [4.69, 9.17) is 20.4 Å². The number of halogens is 1. The van der Waals surface area contributed by atoms with Crippen LogP contribution >= 0.6 is 23.4 Å². The molecule has 0 saturated carbocycles. The summed E-state index contributed by atoms with van der Waals surface area (Å²) in [5, 5.41) is 12.5. The number of nitrogens with zero attached hydrogens (tertiary/aromatic N) is 3. The van der Waals surface area contributed by atoms with Crippen molar-refractivity contribution in [3.05, 3.63) is 71.8 Å². The highest BCUT2D eigenvalue weighted by atomic mass is 35.5. The molecule has 1 N–H and O–H groups in total. The molecule has 0 aliphatic carbocycles. The highest BCUT2D eigenvalue weighted by Crippen LogP contribution is 2.26. The van der Waals surface area contributed by atoms with Crippen molar-refractivity contribution in [2.45, 2.75) is 11.7 Å². The molecule has 4 aromatic rings. The van der Waals surface area contributed by atoms with Crippen molar-refractivity contribution in [2.75, 3.05) is 11.1 Å². The van der Waals surface area contributed by atoms with Gasteiger partial charge in [0.25, 0.3) is 0 Å². The number of aromatic nitrogens is 3. The Labute approximate surface area is 169 Å². The lowest BCUT2D eigenvalue weighted by atomic mass is 10.3. The molecule has 7 nitrogen and oxygen atoms in total. The number of amides is 1. The zero-order valence-corrected chi connectivity index (χ0v) is 16.1. The van der Waals surface area contributed by atoms with E-state index in [-0.39, 0.29) is 11.7 Å². The number of rotatable bonds is 7. The predicted molar refractivity (Wildman–Crippen MR) is 106 cm³/mol. The molecule has 142 valence electrons. The van der Waals surface area contributed by atoms with E-state index in [9.17, 15) is 4.79 Å². The number of furan rings is 2. The minimum absolute atomic E-state index is 0.153. The average Bonchev–Trinajstić information content (AvgIpc) is 3.44. The number of hydrogen-bond acceptors (Lipinski definition) is 6. The quantitative estimate of drug-likeness (QED) is 0.446. The Hall–Kier alpha value is -2.97. The third-order valence-corrected chi connectivity index (χ3v) is 5.03. The van der Waals surface area contributed by atoms with Gasteiger partial charge in [-0.05, 0) is 48.5 Å². The van der Waals surface area contributed by atoms with E-state index < -0.39 is 0 Å². The molecule has 0 aliphatic rings. The summed E-state index contributed by atoms with van der Waals surface area (Å²) in [6.07, 6.45) is 3.19. The minimum atomic E-state index is -0.153. The van der Waals surface area contributed by atoms with Gasteiger partial charge in [0.2, 0.25) is 11.7 Å². The van der Waals surface area contributed by atoms with Crippen LogP contribution in [0.1, 0.15) is 5.76 Å². The Bertz CT molecular complexity index is 1040. The van der Waals surface area contributed by atoms with Gasteiger partial charge in [-0.15, -0.1) is 10.2 Å². The van der Waals surface area contributed by atoms with Crippen molar-refractivity contribution >= 4 is 35.0 Å². The summed E-state index contributed by atoms with van der Waals surface area (Å²) in [6, 6.07) is 14.2. The molecule has 0 radical (unpaired) electrons. The standard InChI is InChI=1S/C19H15ClN4O3S/c20-13-5-7-14(8-6-13)21-17(25)12-28-19-23-22-18(16-4-2-10-27-16)24(19)11-15-3-1-9-26-15/h1-10H,11-12H2,(H,21,25). The third-order valence-electron chi connectivity index (χ3n) is 3.81. The Kier molecular flexibility index (Phi) is 5.50. The molecular weight excluding hydrogens is 400 g/mol. The second kappa shape index (κ2) is 8.37. The van der Waals surface area contributed by atoms with Gasteiger partial charge in [-0.2, -0.15) is 0 Å². The van der Waals surface area contributed by atoms with Crippen molar-refractivity contribution < 1.29 is 13.6 Å². The molecule has 3 heterocycles. The van der Waals surface area contributed by atoms with E-state index >= 15 is 0 Å². The van der Waals surface area contributed by atoms with E-state index in [2.05, 4.69) is 15.5 Å². The maximum Gasteiger partial charge on any atom is 0.234 e. The molecule has 0 atom stereocenters. The van der Waals surface area contributed by atoms with E-state index in [1.807, 2.05) is 22.8 Å². The number of carbonyl (C=O) groups excluding carboxylic acids is 1. The Balaban J connectivity index is 1.49. The van der Waals surface area contributed by atoms with Crippen LogP contribution in [0.2, 0.25) is 5.02 Å². The molecule has 0 unspecified atom stereocenters. The molecule has 4 rings (SSSR count). The Morgan fingerprint density at radius 3 is 2.57 bits per heavy atom. The summed E-state index contributed by atoms with van der Waals surface area (Å²) in [5.41, 5.74) is 0.684. The maximum absolute atomic E-state index is 12.3. The SMILES string of the molecule is O=C(CSc1nnc(-c2ccco2)n1Cc1ccco1)Nc1ccc(Cl)cc1. The molecule has 0 aliphatic heterocycles. The summed E-state index contributed by atoms with van der Waals surface area (Å²) in [4.78, 5) is 12.3. The monoisotopic (exact) mass is 414 g/mol. The van der Waals surface area contributed by atoms with Gasteiger partial charge in [-0.25, -0.2) is 0 Å². The van der Waals surface area contributed by atoms with Crippen LogP contribution in [0.5, 0.6) is 0 Å². The molecular formula is C19H15ClN4O3S. The van der Waals surface area contributed by atoms with Crippen LogP contribution in [-0.2, 0) is 11.3 Å². The zero-order valence-electron chi connectivity index (χ0n) is 14.5. The lowest BCUT2D eigenvalue weighted by Gasteiger charge is -2.08. The first kappa shape index (κ1) is 18.4. The number of anilines is 1. The lowest BCUT2D eigenvalue weighted by Crippen LogP contribution is -2.14. The molecule has 1 aromatic carbocycles. The van der Waals surface area contributed by atoms with E-state index in [0.717, 1.165) is 5.76 Å². The fraction of sp³-hybridized carbons (Fsp3) is 0.105. The highest BCUT2D eigenvalue weighted by molar-refractivity contribution is 7.99. The van der Waals surface area contributed by atoms with Crippen molar-refractivity contribution in [1.29, 1.82) is 0 Å². The third kappa shape index (κ3) is 4.29. The molecule has 1 amide bonds. The molecule has 9 heteroatoms. The topological polar surface area (TPSA) is 86.1 Å². The summed E-state index contributed by atoms with van der Waals surface area (Å²) in [6.45, 7) is 0.428. The largest absolute Gasteiger partial charge is 0.467 e. The van der Waals surface area contributed by atoms with E-state index in [1.54, 1.807) is 42.9 Å². The van der Waals surface area contributed by atoms with Crippen molar-refractivity contribution in [2.24, 2.45) is 0 Å². The van der Waals surface area contributed by atoms with Crippen molar-refractivity contribution in [3.8, 4) is 11.6 Å². The first-order valence-electron chi connectivity index (χ1n) is 8.37. The van der Waals surface area contributed by atoms with Gasteiger partial charge in [-0.3, -0.25) is 9.36 Å². The van der Waals surface area contributed by atoms with Crippen LogP contribution in [0.15, 0.2) is 75.0 Å². The fourth-order valence-corrected chi connectivity index (χ4v) is 3.41. The minimum Gasteiger partial charge on any atom is -0.467 e. The van der Waals surface area contributed by atoms with Gasteiger partial charge in [0.05, 0.1) is 24.8 Å². The van der Waals surface area contributed by atoms with Crippen LogP contribution in [0.25, 0.3) is 11.6 Å². The lowest BCUT2D eigenvalue weighted by molar-refractivity contribution is -0.113. The normalized spacial score (nSPS) is 10.9. The zero-order chi connectivity index (χ0) is 19.3. The van der Waals surface area contributed by atoms with Gasteiger partial charge < -0.3 is 14.2 Å². The van der Waals surface area contributed by atoms with Crippen molar-refractivity contribution in [3.63, 3.8) is 0 Å². The van der Waals surface area contributed by atoms with E-state index in [1.165, 1.54) is 11.8 Å². The number of nitrogens with one attached hydrogen (secondary N) is 1. The van der Waals surface area contributed by atoms with Crippen LogP contribution in [0, 0.1) is 0 Å². The van der Waals surface area contributed by atoms with Crippen LogP contribution in [-0.4, -0.2) is 26.4 Å². The molecule has 0 fully saturated rings. The number of hydrogen-bond donors (Lipinski definition) is 1. The van der Waals surface area contributed by atoms with Crippen molar-refractivity contribution in [1.82, 2.24) is 14.8 Å². The summed E-state index contributed by atoms with van der Waals surface area (Å²) < 4.78 is 12.8. The Morgan fingerprint density at radius 2 is 1.86 bits per heavy atom. The van der Waals surface area contributed by atoms with Gasteiger partial charge in [0, 0.05) is 10.7 Å². The summed E-state index contributed by atoms with van der Waals surface area (Å²) in [7, 11) is 0. The number of benzene rings is 1. The van der Waals surface area contributed by atoms with Gasteiger partial charge >= 0.3 is 0 Å². The first-order valence-corrected chi connectivity index (χ1v) is 9.73. The summed E-state index contributed by atoms with van der Waals surface area (Å²) >= 11 is 7.14. The highest BCUT2D eigenvalue weighted by Gasteiger charge is 2.18. The maximum atomic E-state index is 12.3. The van der Waals surface area contributed by atoms with Gasteiger partial charge in [0.1, 0.15) is 5.76 Å².